The molecule has 1 aromatic carbocycles. The van der Waals surface area contributed by atoms with Crippen LogP contribution in [0.25, 0.3) is 0 Å². The number of nitrogens with one attached hydrogen (secondary N) is 1. The number of benzene rings is 1. The Morgan fingerprint density at radius 2 is 1.89 bits per heavy atom. The van der Waals surface area contributed by atoms with Crippen LogP contribution in [0.1, 0.15) is 45.1 Å². The normalized spacial score (nSPS) is 12.4. The summed E-state index contributed by atoms with van der Waals surface area (Å²) in [4.78, 5) is 0. The van der Waals surface area contributed by atoms with Crippen LogP contribution in [0.15, 0.2) is 24.3 Å². The Morgan fingerprint density at radius 1 is 1.17 bits per heavy atom. The molecule has 1 rings (SSSR count). The molecule has 0 radical (unpaired) electrons. The van der Waals surface area contributed by atoms with Gasteiger partial charge in [-0.15, -0.1) is 0 Å². The molecule has 0 amide bonds. The van der Waals surface area contributed by atoms with Gasteiger partial charge >= 0.3 is 0 Å². The van der Waals surface area contributed by atoms with Crippen molar-refractivity contribution in [1.29, 1.82) is 0 Å². The number of rotatable bonds is 9. The van der Waals surface area contributed by atoms with Crippen molar-refractivity contribution in [2.45, 2.75) is 52.0 Å². The van der Waals surface area contributed by atoms with Gasteiger partial charge in [-0.1, -0.05) is 38.8 Å². The molecular formula is C16H27NO. The van der Waals surface area contributed by atoms with Gasteiger partial charge in [0.25, 0.3) is 0 Å². The first kappa shape index (κ1) is 15.0. The molecule has 2 nitrogen and oxygen atoms in total. The average molecular weight is 249 g/mol. The smallest absolute Gasteiger partial charge is 0.118 e. The molecule has 0 aliphatic rings. The lowest BCUT2D eigenvalue weighted by molar-refractivity contribution is 0.414. The maximum Gasteiger partial charge on any atom is 0.118 e. The van der Waals surface area contributed by atoms with E-state index in [1.807, 2.05) is 12.1 Å². The lowest BCUT2D eigenvalue weighted by atomic mass is 10.1. The Labute approximate surface area is 112 Å². The summed E-state index contributed by atoms with van der Waals surface area (Å²) in [5.41, 5.74) is 1.37. The molecule has 0 saturated carbocycles. The van der Waals surface area contributed by atoms with Gasteiger partial charge < -0.3 is 10.1 Å². The van der Waals surface area contributed by atoms with E-state index in [1.165, 1.54) is 31.2 Å². The molecular weight excluding hydrogens is 222 g/mol. The van der Waals surface area contributed by atoms with Gasteiger partial charge in [0.05, 0.1) is 7.11 Å². The highest BCUT2D eigenvalue weighted by Gasteiger charge is 2.04. The van der Waals surface area contributed by atoms with Gasteiger partial charge in [-0.05, 0) is 43.5 Å². The fourth-order valence-corrected chi connectivity index (χ4v) is 2.11. The first-order valence-electron chi connectivity index (χ1n) is 7.16. The fraction of sp³-hybridized carbons (Fsp3) is 0.625. The van der Waals surface area contributed by atoms with E-state index in [4.69, 9.17) is 4.74 Å². The third kappa shape index (κ3) is 5.54. The third-order valence-corrected chi connectivity index (χ3v) is 3.40. The van der Waals surface area contributed by atoms with Crippen molar-refractivity contribution in [3.05, 3.63) is 29.8 Å². The maximum atomic E-state index is 5.16. The lowest BCUT2D eigenvalue weighted by Crippen LogP contribution is -2.30. The summed E-state index contributed by atoms with van der Waals surface area (Å²) in [5.74, 6) is 0.932. The number of unbranched alkanes of at least 4 members (excludes halogenated alkanes) is 1. The molecule has 1 aromatic rings. The summed E-state index contributed by atoms with van der Waals surface area (Å²) in [6.07, 6.45) is 6.23. The molecule has 0 aliphatic carbocycles. The first-order valence-corrected chi connectivity index (χ1v) is 7.16. The van der Waals surface area contributed by atoms with Crippen LogP contribution < -0.4 is 10.1 Å². The SMILES string of the molecule is CCCCC(CC)NCCc1ccc(OC)cc1. The third-order valence-electron chi connectivity index (χ3n) is 3.40. The molecule has 0 aromatic heterocycles. The highest BCUT2D eigenvalue weighted by molar-refractivity contribution is 5.27. The van der Waals surface area contributed by atoms with Crippen LogP contribution in [0.3, 0.4) is 0 Å². The van der Waals surface area contributed by atoms with Crippen LogP contribution in [0.4, 0.5) is 0 Å². The second-order valence-corrected chi connectivity index (χ2v) is 4.80. The second-order valence-electron chi connectivity index (χ2n) is 4.80. The summed E-state index contributed by atoms with van der Waals surface area (Å²) >= 11 is 0. The van der Waals surface area contributed by atoms with E-state index in [2.05, 4.69) is 31.3 Å². The fourth-order valence-electron chi connectivity index (χ4n) is 2.11. The average Bonchev–Trinajstić information content (AvgIpc) is 2.43. The number of methoxy groups -OCH3 is 1. The second kappa shape index (κ2) is 8.98. The van der Waals surface area contributed by atoms with Gasteiger partial charge in [0.2, 0.25) is 0 Å². The highest BCUT2D eigenvalue weighted by atomic mass is 16.5. The summed E-state index contributed by atoms with van der Waals surface area (Å²) in [7, 11) is 1.70. The van der Waals surface area contributed by atoms with E-state index in [9.17, 15) is 0 Å². The van der Waals surface area contributed by atoms with Crippen molar-refractivity contribution < 1.29 is 4.74 Å². The van der Waals surface area contributed by atoms with Gasteiger partial charge in [0, 0.05) is 6.04 Å². The summed E-state index contributed by atoms with van der Waals surface area (Å²) in [5, 5.41) is 3.65. The molecule has 0 saturated heterocycles. The van der Waals surface area contributed by atoms with Gasteiger partial charge in [-0.3, -0.25) is 0 Å². The van der Waals surface area contributed by atoms with Crippen LogP contribution >= 0.6 is 0 Å². The molecule has 0 spiro atoms. The zero-order chi connectivity index (χ0) is 13.2. The van der Waals surface area contributed by atoms with E-state index in [0.717, 1.165) is 18.7 Å². The predicted molar refractivity (Wildman–Crippen MR) is 78.3 cm³/mol. The number of hydrogen-bond acceptors (Lipinski definition) is 2. The van der Waals surface area contributed by atoms with Crippen LogP contribution in [0.5, 0.6) is 5.75 Å². The quantitative estimate of drug-likeness (QED) is 0.719. The molecule has 0 bridgehead atoms. The standard InChI is InChI=1S/C16H27NO/c1-4-6-7-15(5-2)17-13-12-14-8-10-16(18-3)11-9-14/h8-11,15,17H,4-7,12-13H2,1-3H3. The van der Waals surface area contributed by atoms with Crippen LogP contribution in [-0.4, -0.2) is 19.7 Å². The van der Waals surface area contributed by atoms with Gasteiger partial charge in [-0.2, -0.15) is 0 Å². The van der Waals surface area contributed by atoms with Gasteiger partial charge in [0.1, 0.15) is 5.75 Å². The lowest BCUT2D eigenvalue weighted by Gasteiger charge is -2.16. The van der Waals surface area contributed by atoms with E-state index >= 15 is 0 Å². The van der Waals surface area contributed by atoms with E-state index in [-0.39, 0.29) is 0 Å². The Bertz CT molecular complexity index is 307. The predicted octanol–water partition coefficient (Wildman–Crippen LogP) is 3.80. The van der Waals surface area contributed by atoms with Gasteiger partial charge in [0.15, 0.2) is 0 Å². The van der Waals surface area contributed by atoms with Crippen molar-refractivity contribution in [3.63, 3.8) is 0 Å². The van der Waals surface area contributed by atoms with Crippen molar-refractivity contribution in [3.8, 4) is 5.75 Å². The molecule has 1 unspecified atom stereocenters. The summed E-state index contributed by atoms with van der Waals surface area (Å²) in [6.45, 7) is 5.58. The van der Waals surface area contributed by atoms with E-state index in [0.29, 0.717) is 6.04 Å². The molecule has 102 valence electrons. The van der Waals surface area contributed by atoms with Crippen molar-refractivity contribution in [1.82, 2.24) is 5.32 Å². The van der Waals surface area contributed by atoms with Crippen LogP contribution in [0, 0.1) is 0 Å². The Kier molecular flexibility index (Phi) is 7.51. The van der Waals surface area contributed by atoms with E-state index in [1.54, 1.807) is 7.11 Å². The Hall–Kier alpha value is -1.02. The largest absolute Gasteiger partial charge is 0.497 e. The van der Waals surface area contributed by atoms with E-state index < -0.39 is 0 Å². The maximum absolute atomic E-state index is 5.16. The highest BCUT2D eigenvalue weighted by Crippen LogP contribution is 2.11. The van der Waals surface area contributed by atoms with Crippen LogP contribution in [-0.2, 0) is 6.42 Å². The minimum atomic E-state index is 0.684. The summed E-state index contributed by atoms with van der Waals surface area (Å²) < 4.78 is 5.16. The van der Waals surface area contributed by atoms with Crippen LogP contribution in [0.2, 0.25) is 0 Å². The zero-order valence-electron chi connectivity index (χ0n) is 12.0. The molecule has 1 N–H and O–H groups in total. The molecule has 0 aliphatic heterocycles. The molecule has 1 atom stereocenters. The minimum absolute atomic E-state index is 0.684. The van der Waals surface area contributed by atoms with Crippen molar-refractivity contribution in [2.24, 2.45) is 0 Å². The topological polar surface area (TPSA) is 21.3 Å². The Morgan fingerprint density at radius 3 is 2.44 bits per heavy atom. The summed E-state index contributed by atoms with van der Waals surface area (Å²) in [6, 6.07) is 9.04. The molecule has 18 heavy (non-hydrogen) atoms. The van der Waals surface area contributed by atoms with Crippen molar-refractivity contribution in [2.75, 3.05) is 13.7 Å². The minimum Gasteiger partial charge on any atom is -0.497 e. The number of hydrogen-bond donors (Lipinski definition) is 1. The van der Waals surface area contributed by atoms with Crippen molar-refractivity contribution >= 4 is 0 Å². The molecule has 2 heteroatoms. The first-order chi connectivity index (χ1) is 8.80. The Balaban J connectivity index is 2.26. The molecule has 0 fully saturated rings. The van der Waals surface area contributed by atoms with Gasteiger partial charge in [-0.25, -0.2) is 0 Å². The number of ether oxygens (including phenoxy) is 1. The molecule has 0 heterocycles. The zero-order valence-corrected chi connectivity index (χ0v) is 12.0. The monoisotopic (exact) mass is 249 g/mol.